The Morgan fingerprint density at radius 1 is 1.21 bits per heavy atom. The summed E-state index contributed by atoms with van der Waals surface area (Å²) < 4.78 is 15.3. The molecule has 1 atom stereocenters. The van der Waals surface area contributed by atoms with Crippen LogP contribution in [0.5, 0.6) is 0 Å². The molecule has 3 N–H and O–H groups in total. The van der Waals surface area contributed by atoms with Gasteiger partial charge in [0.05, 0.1) is 29.7 Å². The Bertz CT molecular complexity index is 890. The van der Waals surface area contributed by atoms with Crippen LogP contribution in [0.3, 0.4) is 0 Å². The number of aromatic nitrogens is 4. The highest BCUT2D eigenvalue weighted by Crippen LogP contribution is 2.38. The standard InChI is InChI=1S/C17H16FN5O/c18-11-3-1-10(2-4-11)15-16(13-7-8-20-17(19)21-13)23-12(9-24)5-6-14(23)22-15/h1-4,7-8,12,24H,5-6,9H2,(H2,19,20,21)/t12-/m0/s1. The van der Waals surface area contributed by atoms with Crippen LogP contribution in [0.25, 0.3) is 22.6 Å². The number of aryl methyl sites for hydroxylation is 1. The van der Waals surface area contributed by atoms with Crippen molar-refractivity contribution in [3.63, 3.8) is 0 Å². The van der Waals surface area contributed by atoms with E-state index in [0.29, 0.717) is 11.4 Å². The summed E-state index contributed by atoms with van der Waals surface area (Å²) in [5.41, 5.74) is 8.66. The van der Waals surface area contributed by atoms with Gasteiger partial charge in [0.15, 0.2) is 0 Å². The molecule has 122 valence electrons. The largest absolute Gasteiger partial charge is 0.394 e. The minimum absolute atomic E-state index is 0.0276. The molecule has 0 saturated carbocycles. The fourth-order valence-corrected chi connectivity index (χ4v) is 3.21. The van der Waals surface area contributed by atoms with Gasteiger partial charge in [-0.2, -0.15) is 0 Å². The second kappa shape index (κ2) is 5.68. The van der Waals surface area contributed by atoms with Gasteiger partial charge in [0.1, 0.15) is 11.6 Å². The number of fused-ring (bicyclic) bond motifs is 1. The lowest BCUT2D eigenvalue weighted by molar-refractivity contribution is 0.234. The third-order valence-corrected chi connectivity index (χ3v) is 4.30. The molecule has 0 amide bonds. The van der Waals surface area contributed by atoms with Crippen molar-refractivity contribution in [3.8, 4) is 22.6 Å². The first-order valence-electron chi connectivity index (χ1n) is 7.74. The molecule has 0 fully saturated rings. The molecule has 1 aromatic carbocycles. The van der Waals surface area contributed by atoms with E-state index in [2.05, 4.69) is 9.97 Å². The summed E-state index contributed by atoms with van der Waals surface area (Å²) in [6.07, 6.45) is 3.20. The maximum absolute atomic E-state index is 13.3. The molecule has 3 aromatic rings. The van der Waals surface area contributed by atoms with Gasteiger partial charge in [0, 0.05) is 18.2 Å². The van der Waals surface area contributed by atoms with Crippen molar-refractivity contribution in [2.45, 2.75) is 18.9 Å². The van der Waals surface area contributed by atoms with E-state index in [1.807, 2.05) is 4.57 Å². The fraction of sp³-hybridized carbons (Fsp3) is 0.235. The van der Waals surface area contributed by atoms with E-state index >= 15 is 0 Å². The van der Waals surface area contributed by atoms with Gasteiger partial charge < -0.3 is 15.4 Å². The van der Waals surface area contributed by atoms with Crippen LogP contribution in [0.1, 0.15) is 18.3 Å². The third kappa shape index (κ3) is 2.33. The topological polar surface area (TPSA) is 89.8 Å². The predicted octanol–water partition coefficient (Wildman–Crippen LogP) is 2.21. The summed E-state index contributed by atoms with van der Waals surface area (Å²) in [6, 6.07) is 7.90. The number of rotatable bonds is 3. The number of benzene rings is 1. The zero-order valence-corrected chi connectivity index (χ0v) is 12.9. The summed E-state index contributed by atoms with van der Waals surface area (Å²) in [4.78, 5) is 13.0. The van der Waals surface area contributed by atoms with Crippen molar-refractivity contribution in [3.05, 3.63) is 48.2 Å². The maximum atomic E-state index is 13.3. The molecule has 1 aliphatic heterocycles. The first-order chi connectivity index (χ1) is 11.7. The Hall–Kier alpha value is -2.80. The number of aliphatic hydroxyl groups is 1. The average Bonchev–Trinajstić information content (AvgIpc) is 3.14. The van der Waals surface area contributed by atoms with Crippen LogP contribution in [-0.4, -0.2) is 31.2 Å². The zero-order valence-electron chi connectivity index (χ0n) is 12.9. The van der Waals surface area contributed by atoms with Crippen molar-refractivity contribution in [2.24, 2.45) is 0 Å². The van der Waals surface area contributed by atoms with Crippen molar-refractivity contribution in [1.29, 1.82) is 0 Å². The van der Waals surface area contributed by atoms with E-state index in [1.165, 1.54) is 12.1 Å². The molecule has 0 bridgehead atoms. The van der Waals surface area contributed by atoms with Gasteiger partial charge in [-0.05, 0) is 36.8 Å². The molecule has 0 unspecified atom stereocenters. The fourth-order valence-electron chi connectivity index (χ4n) is 3.21. The second-order valence-electron chi connectivity index (χ2n) is 5.78. The predicted molar refractivity (Wildman–Crippen MR) is 87.5 cm³/mol. The summed E-state index contributed by atoms with van der Waals surface area (Å²) in [5.74, 6) is 0.763. The Balaban J connectivity index is 1.96. The lowest BCUT2D eigenvalue weighted by atomic mass is 10.1. The lowest BCUT2D eigenvalue weighted by Crippen LogP contribution is -2.10. The molecule has 7 heteroatoms. The number of hydrogen-bond acceptors (Lipinski definition) is 5. The molecule has 3 heterocycles. The Labute approximate surface area is 137 Å². The molecular formula is C17H16FN5O. The Kier molecular flexibility index (Phi) is 3.50. The van der Waals surface area contributed by atoms with Crippen molar-refractivity contribution >= 4 is 5.95 Å². The monoisotopic (exact) mass is 325 g/mol. The highest BCUT2D eigenvalue weighted by atomic mass is 19.1. The van der Waals surface area contributed by atoms with E-state index in [4.69, 9.17) is 10.7 Å². The SMILES string of the molecule is Nc1nccc(-c2c(-c3ccc(F)cc3)nc3n2[C@H](CO)CC3)n1. The van der Waals surface area contributed by atoms with Crippen LogP contribution in [0.2, 0.25) is 0 Å². The molecule has 6 nitrogen and oxygen atoms in total. The molecule has 2 aromatic heterocycles. The van der Waals surface area contributed by atoms with Gasteiger partial charge >= 0.3 is 0 Å². The summed E-state index contributed by atoms with van der Waals surface area (Å²) in [5, 5.41) is 9.70. The van der Waals surface area contributed by atoms with E-state index < -0.39 is 0 Å². The molecule has 24 heavy (non-hydrogen) atoms. The summed E-state index contributed by atoms with van der Waals surface area (Å²) >= 11 is 0. The first kappa shape index (κ1) is 14.8. The quantitative estimate of drug-likeness (QED) is 0.770. The van der Waals surface area contributed by atoms with Gasteiger partial charge in [-0.1, -0.05) is 0 Å². The van der Waals surface area contributed by atoms with Crippen molar-refractivity contribution in [2.75, 3.05) is 12.3 Å². The van der Waals surface area contributed by atoms with Gasteiger partial charge in [-0.3, -0.25) is 0 Å². The van der Waals surface area contributed by atoms with Crippen LogP contribution < -0.4 is 5.73 Å². The highest BCUT2D eigenvalue weighted by molar-refractivity contribution is 5.78. The Morgan fingerprint density at radius 3 is 2.71 bits per heavy atom. The van der Waals surface area contributed by atoms with Gasteiger partial charge in [-0.15, -0.1) is 0 Å². The molecule has 0 saturated heterocycles. The number of nitrogens with two attached hydrogens (primary N) is 1. The number of nitrogen functional groups attached to an aromatic ring is 1. The number of anilines is 1. The molecule has 0 aliphatic carbocycles. The van der Waals surface area contributed by atoms with Crippen molar-refractivity contribution < 1.29 is 9.50 Å². The summed E-state index contributed by atoms with van der Waals surface area (Å²) in [7, 11) is 0. The van der Waals surface area contributed by atoms with Gasteiger partial charge in [-0.25, -0.2) is 19.3 Å². The summed E-state index contributed by atoms with van der Waals surface area (Å²) in [6.45, 7) is 0.0276. The van der Waals surface area contributed by atoms with E-state index in [1.54, 1.807) is 24.4 Å². The number of halogens is 1. The maximum Gasteiger partial charge on any atom is 0.220 e. The van der Waals surface area contributed by atoms with Crippen LogP contribution in [0, 0.1) is 5.82 Å². The van der Waals surface area contributed by atoms with Crippen LogP contribution in [-0.2, 0) is 6.42 Å². The van der Waals surface area contributed by atoms with Crippen LogP contribution in [0.4, 0.5) is 10.3 Å². The first-order valence-corrected chi connectivity index (χ1v) is 7.74. The smallest absolute Gasteiger partial charge is 0.220 e. The van der Waals surface area contributed by atoms with Crippen LogP contribution in [0.15, 0.2) is 36.5 Å². The number of nitrogens with zero attached hydrogens (tertiary/aromatic N) is 4. The van der Waals surface area contributed by atoms with Crippen molar-refractivity contribution in [1.82, 2.24) is 19.5 Å². The zero-order chi connectivity index (χ0) is 16.7. The normalized spacial score (nSPS) is 16.3. The van der Waals surface area contributed by atoms with E-state index in [-0.39, 0.29) is 24.4 Å². The molecule has 0 spiro atoms. The average molecular weight is 325 g/mol. The van der Waals surface area contributed by atoms with Crippen LogP contribution >= 0.6 is 0 Å². The lowest BCUT2D eigenvalue weighted by Gasteiger charge is -2.15. The Morgan fingerprint density at radius 2 is 2.00 bits per heavy atom. The number of hydrogen-bond donors (Lipinski definition) is 2. The van der Waals surface area contributed by atoms with Gasteiger partial charge in [0.2, 0.25) is 5.95 Å². The molecule has 1 aliphatic rings. The highest BCUT2D eigenvalue weighted by Gasteiger charge is 2.30. The molecule has 0 radical (unpaired) electrons. The second-order valence-corrected chi connectivity index (χ2v) is 5.78. The molecule has 4 rings (SSSR count). The van der Waals surface area contributed by atoms with E-state index in [0.717, 1.165) is 29.9 Å². The molecular weight excluding hydrogens is 309 g/mol. The minimum Gasteiger partial charge on any atom is -0.394 e. The van der Waals surface area contributed by atoms with E-state index in [9.17, 15) is 9.50 Å². The number of imidazole rings is 1. The minimum atomic E-state index is -0.299. The van der Waals surface area contributed by atoms with Gasteiger partial charge in [0.25, 0.3) is 0 Å². The number of aliphatic hydroxyl groups excluding tert-OH is 1. The third-order valence-electron chi connectivity index (χ3n) is 4.30.